The predicted octanol–water partition coefficient (Wildman–Crippen LogP) is -0.569. The van der Waals surface area contributed by atoms with Crippen LogP contribution in [0.15, 0.2) is 6.20 Å². The van der Waals surface area contributed by atoms with E-state index < -0.39 is 0 Å². The van der Waals surface area contributed by atoms with Gasteiger partial charge in [-0.25, -0.2) is 4.79 Å². The number of anilines is 1. The number of urea groups is 1. The number of amides is 2. The Labute approximate surface area is 76.1 Å². The topological polar surface area (TPSA) is 85.0 Å². The molecule has 4 N–H and O–H groups in total. The Morgan fingerprint density at radius 3 is 2.92 bits per heavy atom. The van der Waals surface area contributed by atoms with Gasteiger partial charge in [-0.3, -0.25) is 4.68 Å². The molecule has 2 amide bonds. The number of nitrogens with zero attached hydrogens (tertiary/aromatic N) is 2. The normalized spacial score (nSPS) is 9.69. The molecule has 0 spiro atoms. The van der Waals surface area contributed by atoms with Crippen molar-refractivity contribution in [2.45, 2.75) is 6.54 Å². The average Bonchev–Trinajstić information content (AvgIpc) is 2.44. The minimum atomic E-state index is -0.233. The van der Waals surface area contributed by atoms with E-state index in [1.165, 1.54) is 0 Å². The average molecular weight is 183 g/mol. The molecule has 0 unspecified atom stereocenters. The minimum Gasteiger partial charge on any atom is -0.384 e. The quantitative estimate of drug-likeness (QED) is 0.574. The summed E-state index contributed by atoms with van der Waals surface area (Å²) in [5.74, 6) is 0.566. The van der Waals surface area contributed by atoms with Crippen molar-refractivity contribution >= 4 is 11.8 Å². The molecule has 0 aliphatic rings. The lowest BCUT2D eigenvalue weighted by atomic mass is 10.3. The summed E-state index contributed by atoms with van der Waals surface area (Å²) in [7, 11) is 3.31. The molecule has 0 fully saturated rings. The van der Waals surface area contributed by atoms with Crippen LogP contribution in [-0.2, 0) is 13.6 Å². The number of rotatable bonds is 2. The molecule has 72 valence electrons. The van der Waals surface area contributed by atoms with Crippen LogP contribution in [-0.4, -0.2) is 22.9 Å². The molecule has 0 aliphatic carbocycles. The monoisotopic (exact) mass is 183 g/mol. The van der Waals surface area contributed by atoms with E-state index >= 15 is 0 Å². The molecule has 1 aromatic heterocycles. The van der Waals surface area contributed by atoms with Crippen LogP contribution >= 0.6 is 0 Å². The van der Waals surface area contributed by atoms with Gasteiger partial charge in [0.05, 0.1) is 6.20 Å². The number of carbonyl (C=O) groups is 1. The molecule has 0 atom stereocenters. The van der Waals surface area contributed by atoms with Gasteiger partial charge in [-0.2, -0.15) is 5.10 Å². The van der Waals surface area contributed by atoms with Gasteiger partial charge in [0.2, 0.25) is 0 Å². The van der Waals surface area contributed by atoms with Gasteiger partial charge in [-0.05, 0) is 0 Å². The van der Waals surface area contributed by atoms with Crippen molar-refractivity contribution in [3.8, 4) is 0 Å². The van der Waals surface area contributed by atoms with Gasteiger partial charge in [-0.15, -0.1) is 0 Å². The Balaban J connectivity index is 2.55. The number of aromatic nitrogens is 2. The summed E-state index contributed by atoms with van der Waals surface area (Å²) in [6, 6.07) is -0.233. The Morgan fingerprint density at radius 1 is 1.77 bits per heavy atom. The molecule has 0 saturated carbocycles. The van der Waals surface area contributed by atoms with E-state index in [4.69, 9.17) is 5.73 Å². The zero-order valence-corrected chi connectivity index (χ0v) is 7.66. The van der Waals surface area contributed by atoms with Crippen molar-refractivity contribution in [1.82, 2.24) is 20.4 Å². The van der Waals surface area contributed by atoms with Gasteiger partial charge >= 0.3 is 6.03 Å². The Bertz CT molecular complexity index is 306. The van der Waals surface area contributed by atoms with Crippen molar-refractivity contribution < 1.29 is 4.79 Å². The van der Waals surface area contributed by atoms with Crippen LogP contribution in [0.25, 0.3) is 0 Å². The van der Waals surface area contributed by atoms with E-state index in [9.17, 15) is 4.79 Å². The molecule has 0 aromatic carbocycles. The van der Waals surface area contributed by atoms with Crippen molar-refractivity contribution in [2.75, 3.05) is 12.8 Å². The lowest BCUT2D eigenvalue weighted by Crippen LogP contribution is -2.32. The van der Waals surface area contributed by atoms with Gasteiger partial charge in [-0.1, -0.05) is 0 Å². The fourth-order valence-electron chi connectivity index (χ4n) is 0.893. The molecular formula is C7H13N5O. The van der Waals surface area contributed by atoms with Gasteiger partial charge < -0.3 is 16.4 Å². The zero-order chi connectivity index (χ0) is 9.84. The fraction of sp³-hybridized carbons (Fsp3) is 0.429. The highest BCUT2D eigenvalue weighted by molar-refractivity contribution is 5.73. The van der Waals surface area contributed by atoms with Crippen LogP contribution in [0.2, 0.25) is 0 Å². The largest absolute Gasteiger partial charge is 0.384 e. The molecule has 6 heteroatoms. The highest BCUT2D eigenvalue weighted by Crippen LogP contribution is 2.07. The molecule has 0 radical (unpaired) electrons. The van der Waals surface area contributed by atoms with E-state index in [-0.39, 0.29) is 6.03 Å². The van der Waals surface area contributed by atoms with Crippen LogP contribution in [0.4, 0.5) is 10.6 Å². The van der Waals surface area contributed by atoms with Gasteiger partial charge in [0, 0.05) is 26.2 Å². The van der Waals surface area contributed by atoms with Gasteiger partial charge in [0.1, 0.15) is 5.82 Å². The summed E-state index contributed by atoms with van der Waals surface area (Å²) >= 11 is 0. The predicted molar refractivity (Wildman–Crippen MR) is 48.9 cm³/mol. The number of nitrogens with one attached hydrogen (secondary N) is 2. The maximum absolute atomic E-state index is 10.8. The van der Waals surface area contributed by atoms with Crippen LogP contribution < -0.4 is 16.4 Å². The second kappa shape index (κ2) is 3.79. The summed E-state index contributed by atoms with van der Waals surface area (Å²) in [5, 5.41) is 9.00. The van der Waals surface area contributed by atoms with Crippen LogP contribution in [0.1, 0.15) is 5.56 Å². The fourth-order valence-corrected chi connectivity index (χ4v) is 0.893. The highest BCUT2D eigenvalue weighted by atomic mass is 16.2. The number of hydrogen-bond acceptors (Lipinski definition) is 3. The molecule has 13 heavy (non-hydrogen) atoms. The molecule has 6 nitrogen and oxygen atoms in total. The molecule has 1 aromatic rings. The molecule has 0 saturated heterocycles. The number of carbonyl (C=O) groups excluding carboxylic acids is 1. The van der Waals surface area contributed by atoms with Crippen LogP contribution in [0.3, 0.4) is 0 Å². The van der Waals surface area contributed by atoms with Gasteiger partial charge in [0.15, 0.2) is 0 Å². The van der Waals surface area contributed by atoms with Crippen molar-refractivity contribution in [2.24, 2.45) is 7.05 Å². The summed E-state index contributed by atoms with van der Waals surface area (Å²) in [4.78, 5) is 10.8. The van der Waals surface area contributed by atoms with Crippen molar-refractivity contribution in [3.63, 3.8) is 0 Å². The molecule has 0 bridgehead atoms. The first-order valence-electron chi connectivity index (χ1n) is 3.87. The summed E-state index contributed by atoms with van der Waals surface area (Å²) in [6.07, 6.45) is 1.63. The molecule has 1 heterocycles. The maximum Gasteiger partial charge on any atom is 0.314 e. The van der Waals surface area contributed by atoms with Crippen LogP contribution in [0, 0.1) is 0 Å². The molecule has 1 rings (SSSR count). The summed E-state index contributed by atoms with van der Waals surface area (Å²) in [5.41, 5.74) is 6.47. The van der Waals surface area contributed by atoms with E-state index in [2.05, 4.69) is 15.7 Å². The first kappa shape index (κ1) is 9.37. The van der Waals surface area contributed by atoms with E-state index in [1.54, 1.807) is 25.0 Å². The highest BCUT2D eigenvalue weighted by Gasteiger charge is 2.04. The third-order valence-electron chi connectivity index (χ3n) is 1.73. The first-order chi connectivity index (χ1) is 6.15. The Kier molecular flexibility index (Phi) is 2.73. The SMILES string of the molecule is CNC(=O)NCc1cnn(C)c1N. The standard InChI is InChI=1S/C7H13N5O/c1-9-7(13)10-3-5-4-11-12(2)6(5)8/h4H,3,8H2,1-2H3,(H2,9,10,13). The smallest absolute Gasteiger partial charge is 0.314 e. The molecular weight excluding hydrogens is 170 g/mol. The lowest BCUT2D eigenvalue weighted by molar-refractivity contribution is 0.242. The van der Waals surface area contributed by atoms with Crippen molar-refractivity contribution in [3.05, 3.63) is 11.8 Å². The Hall–Kier alpha value is -1.72. The number of hydrogen-bond donors (Lipinski definition) is 3. The zero-order valence-electron chi connectivity index (χ0n) is 7.66. The van der Waals surface area contributed by atoms with E-state index in [0.29, 0.717) is 12.4 Å². The first-order valence-corrected chi connectivity index (χ1v) is 3.87. The number of aryl methyl sites for hydroxylation is 1. The van der Waals surface area contributed by atoms with Crippen molar-refractivity contribution in [1.29, 1.82) is 0 Å². The Morgan fingerprint density at radius 2 is 2.46 bits per heavy atom. The van der Waals surface area contributed by atoms with E-state index in [0.717, 1.165) is 5.56 Å². The maximum atomic E-state index is 10.8. The number of nitrogen functional groups attached to an aromatic ring is 1. The van der Waals surface area contributed by atoms with E-state index in [1.807, 2.05) is 0 Å². The second-order valence-electron chi connectivity index (χ2n) is 2.61. The summed E-state index contributed by atoms with van der Waals surface area (Å²) < 4.78 is 1.56. The third-order valence-corrected chi connectivity index (χ3v) is 1.73. The summed E-state index contributed by atoms with van der Waals surface area (Å²) in [6.45, 7) is 0.388. The van der Waals surface area contributed by atoms with Gasteiger partial charge in [0.25, 0.3) is 0 Å². The number of nitrogens with two attached hydrogens (primary N) is 1. The minimum absolute atomic E-state index is 0.233. The lowest BCUT2D eigenvalue weighted by Gasteiger charge is -2.02. The second-order valence-corrected chi connectivity index (χ2v) is 2.61. The molecule has 0 aliphatic heterocycles. The third kappa shape index (κ3) is 2.11. The van der Waals surface area contributed by atoms with Crippen LogP contribution in [0.5, 0.6) is 0 Å².